The SMILES string of the molecule is CCOCC(=O)NNC(=S)NC(=O)c1ccccc1OCCOC. The summed E-state index contributed by atoms with van der Waals surface area (Å²) in [6.45, 7) is 2.82. The minimum absolute atomic E-state index is 0.0449. The molecule has 0 radical (unpaired) electrons. The molecule has 9 heteroatoms. The molecule has 3 N–H and O–H groups in total. The fourth-order valence-electron chi connectivity index (χ4n) is 1.57. The van der Waals surface area contributed by atoms with E-state index in [1.54, 1.807) is 38.3 Å². The van der Waals surface area contributed by atoms with E-state index in [0.717, 1.165) is 0 Å². The Labute approximate surface area is 145 Å². The predicted octanol–water partition coefficient (Wildman–Crippen LogP) is 0.384. The van der Waals surface area contributed by atoms with Gasteiger partial charge in [-0.15, -0.1) is 0 Å². The van der Waals surface area contributed by atoms with Crippen LogP contribution in [0.15, 0.2) is 24.3 Å². The second-order valence-corrected chi connectivity index (χ2v) is 4.84. The van der Waals surface area contributed by atoms with Crippen molar-refractivity contribution in [3.8, 4) is 5.75 Å². The van der Waals surface area contributed by atoms with Crippen LogP contribution in [0.4, 0.5) is 0 Å². The molecule has 0 fully saturated rings. The predicted molar refractivity (Wildman–Crippen MR) is 91.6 cm³/mol. The van der Waals surface area contributed by atoms with Gasteiger partial charge in [-0.2, -0.15) is 0 Å². The van der Waals surface area contributed by atoms with E-state index >= 15 is 0 Å². The van der Waals surface area contributed by atoms with Gasteiger partial charge in [0.2, 0.25) is 0 Å². The fraction of sp³-hybridized carbons (Fsp3) is 0.400. The van der Waals surface area contributed by atoms with Crippen LogP contribution in [0.5, 0.6) is 5.75 Å². The molecule has 0 spiro atoms. The van der Waals surface area contributed by atoms with Crippen LogP contribution in [-0.2, 0) is 14.3 Å². The second kappa shape index (κ2) is 11.3. The highest BCUT2D eigenvalue weighted by Crippen LogP contribution is 2.17. The third-order valence-electron chi connectivity index (χ3n) is 2.66. The standard InChI is InChI=1S/C15H21N3O5S/c1-3-22-10-13(19)17-18-15(24)16-14(20)11-6-4-5-7-12(11)23-9-8-21-2/h4-7H,3,8-10H2,1-2H3,(H,17,19)(H2,16,18,20,24). The molecule has 24 heavy (non-hydrogen) atoms. The van der Waals surface area contributed by atoms with Gasteiger partial charge < -0.3 is 14.2 Å². The summed E-state index contributed by atoms with van der Waals surface area (Å²) >= 11 is 4.95. The largest absolute Gasteiger partial charge is 0.490 e. The molecule has 0 bridgehead atoms. The third-order valence-corrected chi connectivity index (χ3v) is 2.86. The van der Waals surface area contributed by atoms with Crippen molar-refractivity contribution in [2.24, 2.45) is 0 Å². The van der Waals surface area contributed by atoms with Gasteiger partial charge >= 0.3 is 0 Å². The molecule has 0 unspecified atom stereocenters. The topological polar surface area (TPSA) is 97.9 Å². The van der Waals surface area contributed by atoms with Gasteiger partial charge in [-0.3, -0.25) is 25.8 Å². The fourth-order valence-corrected chi connectivity index (χ4v) is 1.72. The van der Waals surface area contributed by atoms with Crippen molar-refractivity contribution in [1.82, 2.24) is 16.2 Å². The van der Waals surface area contributed by atoms with E-state index in [0.29, 0.717) is 31.1 Å². The molecule has 0 aromatic heterocycles. The number of methoxy groups -OCH3 is 1. The summed E-state index contributed by atoms with van der Waals surface area (Å²) < 4.78 is 15.3. The molecular formula is C15H21N3O5S. The average molecular weight is 355 g/mol. The maximum atomic E-state index is 12.2. The van der Waals surface area contributed by atoms with Crippen molar-refractivity contribution < 1.29 is 23.8 Å². The van der Waals surface area contributed by atoms with E-state index in [1.807, 2.05) is 0 Å². The van der Waals surface area contributed by atoms with E-state index < -0.39 is 11.8 Å². The smallest absolute Gasteiger partial charge is 0.264 e. The highest BCUT2D eigenvalue weighted by molar-refractivity contribution is 7.80. The van der Waals surface area contributed by atoms with Crippen LogP contribution >= 0.6 is 12.2 Å². The average Bonchev–Trinajstić information content (AvgIpc) is 2.58. The first-order valence-electron chi connectivity index (χ1n) is 7.27. The zero-order valence-electron chi connectivity index (χ0n) is 13.6. The highest BCUT2D eigenvalue weighted by Gasteiger charge is 2.13. The number of carbonyl (C=O) groups is 2. The lowest BCUT2D eigenvalue weighted by atomic mass is 10.2. The molecule has 0 heterocycles. The summed E-state index contributed by atoms with van der Waals surface area (Å²) in [6.07, 6.45) is 0. The Hall–Kier alpha value is -2.23. The van der Waals surface area contributed by atoms with Crippen LogP contribution in [0.2, 0.25) is 0 Å². The van der Waals surface area contributed by atoms with Gasteiger partial charge in [-0.05, 0) is 31.3 Å². The number of hydrogen-bond acceptors (Lipinski definition) is 6. The van der Waals surface area contributed by atoms with Crippen LogP contribution in [0.3, 0.4) is 0 Å². The molecule has 0 atom stereocenters. The molecule has 0 aliphatic rings. The second-order valence-electron chi connectivity index (χ2n) is 4.43. The number of nitrogens with one attached hydrogen (secondary N) is 3. The summed E-state index contributed by atoms with van der Waals surface area (Å²) in [6, 6.07) is 6.74. The molecule has 132 valence electrons. The van der Waals surface area contributed by atoms with Crippen LogP contribution < -0.4 is 20.9 Å². The number of rotatable bonds is 8. The van der Waals surface area contributed by atoms with Crippen molar-refractivity contribution in [2.45, 2.75) is 6.92 Å². The molecule has 0 aliphatic heterocycles. The van der Waals surface area contributed by atoms with E-state index in [-0.39, 0.29) is 11.7 Å². The van der Waals surface area contributed by atoms with E-state index in [9.17, 15) is 9.59 Å². The minimum Gasteiger partial charge on any atom is -0.490 e. The van der Waals surface area contributed by atoms with E-state index in [4.69, 9.17) is 26.4 Å². The minimum atomic E-state index is -0.459. The number of carbonyl (C=O) groups excluding carboxylic acids is 2. The van der Waals surface area contributed by atoms with Crippen LogP contribution in [0.1, 0.15) is 17.3 Å². The molecule has 8 nitrogen and oxygen atoms in total. The summed E-state index contributed by atoms with van der Waals surface area (Å²) in [5.74, 6) is -0.452. The Kier molecular flexibility index (Phi) is 9.35. The molecule has 0 saturated heterocycles. The number of amides is 2. The molecule has 0 saturated carbocycles. The van der Waals surface area contributed by atoms with Crippen molar-refractivity contribution in [3.63, 3.8) is 0 Å². The monoisotopic (exact) mass is 355 g/mol. The summed E-state index contributed by atoms with van der Waals surface area (Å²) in [7, 11) is 1.56. The van der Waals surface area contributed by atoms with Gasteiger partial charge in [0, 0.05) is 13.7 Å². The summed E-state index contributed by atoms with van der Waals surface area (Å²) in [4.78, 5) is 23.6. The van der Waals surface area contributed by atoms with Crippen LogP contribution in [0.25, 0.3) is 0 Å². The third kappa shape index (κ3) is 7.36. The van der Waals surface area contributed by atoms with Crippen LogP contribution in [-0.4, -0.2) is 50.5 Å². The summed E-state index contributed by atoms with van der Waals surface area (Å²) in [5.41, 5.74) is 5.05. The Morgan fingerprint density at radius 1 is 1.17 bits per heavy atom. The molecule has 0 aliphatic carbocycles. The lowest BCUT2D eigenvalue weighted by molar-refractivity contribution is -0.126. The van der Waals surface area contributed by atoms with Crippen LogP contribution in [0, 0.1) is 0 Å². The number of thiocarbonyl (C=S) groups is 1. The summed E-state index contributed by atoms with van der Waals surface area (Å²) in [5, 5.41) is 2.41. The number of benzene rings is 1. The Morgan fingerprint density at radius 2 is 1.92 bits per heavy atom. The van der Waals surface area contributed by atoms with Gasteiger partial charge in [0.1, 0.15) is 19.0 Å². The zero-order chi connectivity index (χ0) is 17.8. The molecule has 2 amide bonds. The number of hydrogen-bond donors (Lipinski definition) is 3. The number of hydrazine groups is 1. The maximum Gasteiger partial charge on any atom is 0.264 e. The first-order valence-corrected chi connectivity index (χ1v) is 7.68. The van der Waals surface area contributed by atoms with Gasteiger partial charge in [-0.1, -0.05) is 12.1 Å². The van der Waals surface area contributed by atoms with Crippen molar-refractivity contribution in [3.05, 3.63) is 29.8 Å². The lowest BCUT2D eigenvalue weighted by Crippen LogP contribution is -2.49. The number of ether oxygens (including phenoxy) is 3. The van der Waals surface area contributed by atoms with Gasteiger partial charge in [0.25, 0.3) is 11.8 Å². The highest BCUT2D eigenvalue weighted by atomic mass is 32.1. The van der Waals surface area contributed by atoms with Crippen molar-refractivity contribution in [2.75, 3.05) is 33.5 Å². The normalized spacial score (nSPS) is 9.92. The van der Waals surface area contributed by atoms with Gasteiger partial charge in [-0.25, -0.2) is 0 Å². The molecule has 1 aromatic carbocycles. The lowest BCUT2D eigenvalue weighted by Gasteiger charge is -2.13. The number of para-hydroxylation sites is 1. The Bertz CT molecular complexity index is 568. The molecule has 1 rings (SSSR count). The molecule has 1 aromatic rings. The first-order chi connectivity index (χ1) is 11.6. The first kappa shape index (κ1) is 19.8. The van der Waals surface area contributed by atoms with E-state index in [2.05, 4.69) is 16.2 Å². The molecular weight excluding hydrogens is 334 g/mol. The van der Waals surface area contributed by atoms with Crippen molar-refractivity contribution >= 4 is 29.1 Å². The van der Waals surface area contributed by atoms with E-state index in [1.165, 1.54) is 0 Å². The Balaban J connectivity index is 2.52. The zero-order valence-corrected chi connectivity index (χ0v) is 14.4. The van der Waals surface area contributed by atoms with Gasteiger partial charge in [0.05, 0.1) is 12.2 Å². The maximum absolute atomic E-state index is 12.2. The Morgan fingerprint density at radius 3 is 2.62 bits per heavy atom. The van der Waals surface area contributed by atoms with Gasteiger partial charge in [0.15, 0.2) is 5.11 Å². The quantitative estimate of drug-likeness (QED) is 0.352. The van der Waals surface area contributed by atoms with Crippen molar-refractivity contribution in [1.29, 1.82) is 0 Å².